The van der Waals surface area contributed by atoms with Crippen molar-refractivity contribution in [2.75, 3.05) is 13.6 Å². The zero-order valence-corrected chi connectivity index (χ0v) is 13.3. The first-order valence-electron chi connectivity index (χ1n) is 6.47. The van der Waals surface area contributed by atoms with Gasteiger partial charge in [0.05, 0.1) is 22.9 Å². The highest BCUT2D eigenvalue weighted by Gasteiger charge is 2.13. The molecule has 0 aliphatic carbocycles. The Morgan fingerprint density at radius 2 is 2.00 bits per heavy atom. The van der Waals surface area contributed by atoms with Gasteiger partial charge in [-0.25, -0.2) is 0 Å². The highest BCUT2D eigenvalue weighted by Crippen LogP contribution is 2.23. The molecule has 116 valence electrons. The maximum Gasteiger partial charge on any atom is 0.287 e. The lowest BCUT2D eigenvalue weighted by Gasteiger charge is -2.17. The van der Waals surface area contributed by atoms with Crippen LogP contribution < -0.4 is 5.32 Å². The van der Waals surface area contributed by atoms with Crippen LogP contribution in [0.25, 0.3) is 0 Å². The Hall–Kier alpha value is -1.98. The van der Waals surface area contributed by atoms with Gasteiger partial charge in [0.2, 0.25) is 5.91 Å². The number of halogens is 2. The molecule has 22 heavy (non-hydrogen) atoms. The average molecular weight is 341 g/mol. The lowest BCUT2D eigenvalue weighted by molar-refractivity contribution is -0.129. The number of hydrogen-bond donors (Lipinski definition) is 1. The van der Waals surface area contributed by atoms with E-state index in [4.69, 9.17) is 27.6 Å². The molecule has 1 N–H and O–H groups in total. The maximum absolute atomic E-state index is 12.0. The topological polar surface area (TPSA) is 62.6 Å². The molecule has 0 saturated heterocycles. The number of hydrogen-bond acceptors (Lipinski definition) is 3. The highest BCUT2D eigenvalue weighted by atomic mass is 35.5. The number of nitrogens with one attached hydrogen (secondary N) is 1. The molecule has 0 spiro atoms. The number of benzene rings is 1. The Bertz CT molecular complexity index is 671. The second kappa shape index (κ2) is 7.33. The van der Waals surface area contributed by atoms with E-state index in [0.717, 1.165) is 5.56 Å². The Balaban J connectivity index is 1.86. The van der Waals surface area contributed by atoms with E-state index in [1.54, 1.807) is 31.3 Å². The summed E-state index contributed by atoms with van der Waals surface area (Å²) in [4.78, 5) is 25.1. The predicted molar refractivity (Wildman–Crippen MR) is 84.0 cm³/mol. The summed E-state index contributed by atoms with van der Waals surface area (Å²) < 4.78 is 4.94. The summed E-state index contributed by atoms with van der Waals surface area (Å²) in [6.07, 6.45) is 1.40. The molecule has 0 bridgehead atoms. The van der Waals surface area contributed by atoms with E-state index < -0.39 is 5.91 Å². The third-order valence-corrected chi connectivity index (χ3v) is 3.71. The zero-order valence-electron chi connectivity index (χ0n) is 11.8. The molecule has 2 rings (SSSR count). The van der Waals surface area contributed by atoms with Crippen LogP contribution in [0.4, 0.5) is 0 Å². The van der Waals surface area contributed by atoms with Crippen molar-refractivity contribution in [2.24, 2.45) is 0 Å². The zero-order chi connectivity index (χ0) is 16.1. The number of furan rings is 1. The fraction of sp³-hybridized carbons (Fsp3) is 0.200. The van der Waals surface area contributed by atoms with Crippen LogP contribution >= 0.6 is 23.2 Å². The van der Waals surface area contributed by atoms with Gasteiger partial charge in [0.15, 0.2) is 5.76 Å². The standard InChI is InChI=1S/C15H14Cl2N2O3/c1-19(9-10-4-5-11(16)12(17)7-10)14(20)8-18-15(21)13-3-2-6-22-13/h2-7H,8-9H2,1H3,(H,18,21). The lowest BCUT2D eigenvalue weighted by Crippen LogP contribution is -2.37. The van der Waals surface area contributed by atoms with Crippen LogP contribution in [0.3, 0.4) is 0 Å². The van der Waals surface area contributed by atoms with Crippen molar-refractivity contribution in [1.29, 1.82) is 0 Å². The van der Waals surface area contributed by atoms with E-state index >= 15 is 0 Å². The Morgan fingerprint density at radius 3 is 2.64 bits per heavy atom. The van der Waals surface area contributed by atoms with E-state index in [0.29, 0.717) is 16.6 Å². The van der Waals surface area contributed by atoms with Gasteiger partial charge in [-0.2, -0.15) is 0 Å². The van der Waals surface area contributed by atoms with Crippen molar-refractivity contribution in [3.8, 4) is 0 Å². The minimum absolute atomic E-state index is 0.114. The van der Waals surface area contributed by atoms with Crippen LogP contribution in [-0.2, 0) is 11.3 Å². The second-order valence-electron chi connectivity index (χ2n) is 4.66. The highest BCUT2D eigenvalue weighted by molar-refractivity contribution is 6.42. The van der Waals surface area contributed by atoms with Gasteiger partial charge in [0.1, 0.15) is 0 Å². The van der Waals surface area contributed by atoms with E-state index in [-0.39, 0.29) is 18.2 Å². The molecule has 0 radical (unpaired) electrons. The second-order valence-corrected chi connectivity index (χ2v) is 5.47. The van der Waals surface area contributed by atoms with Gasteiger partial charge in [-0.05, 0) is 29.8 Å². The van der Waals surface area contributed by atoms with Crippen molar-refractivity contribution < 1.29 is 14.0 Å². The van der Waals surface area contributed by atoms with Gasteiger partial charge < -0.3 is 14.6 Å². The molecule has 7 heteroatoms. The van der Waals surface area contributed by atoms with Crippen LogP contribution in [0.5, 0.6) is 0 Å². The molecule has 0 aliphatic heterocycles. The molecule has 1 aromatic carbocycles. The Kier molecular flexibility index (Phi) is 5.46. The molecule has 0 fully saturated rings. The first-order valence-corrected chi connectivity index (χ1v) is 7.22. The molecule has 1 aromatic heterocycles. The summed E-state index contributed by atoms with van der Waals surface area (Å²) in [5, 5.41) is 3.40. The van der Waals surface area contributed by atoms with Crippen molar-refractivity contribution in [3.05, 3.63) is 58.0 Å². The van der Waals surface area contributed by atoms with Crippen LogP contribution in [-0.4, -0.2) is 30.3 Å². The third kappa shape index (κ3) is 4.26. The summed E-state index contributed by atoms with van der Waals surface area (Å²) in [6, 6.07) is 8.30. The Labute approximate surface area is 137 Å². The smallest absolute Gasteiger partial charge is 0.287 e. The largest absolute Gasteiger partial charge is 0.459 e. The molecule has 1 heterocycles. The number of likely N-dealkylation sites (N-methyl/N-ethyl adjacent to an activating group) is 1. The first kappa shape index (κ1) is 16.4. The molecule has 0 aliphatic rings. The summed E-state index contributed by atoms with van der Waals surface area (Å²) in [5.41, 5.74) is 0.850. The van der Waals surface area contributed by atoms with Gasteiger partial charge in [-0.15, -0.1) is 0 Å². The molecular formula is C15H14Cl2N2O3. The predicted octanol–water partition coefficient (Wildman–Crippen LogP) is 2.97. The molecule has 5 nitrogen and oxygen atoms in total. The maximum atomic E-state index is 12.0. The number of amides is 2. The number of carbonyl (C=O) groups excluding carboxylic acids is 2. The quantitative estimate of drug-likeness (QED) is 0.909. The summed E-state index contributed by atoms with van der Waals surface area (Å²) in [5.74, 6) is -0.493. The number of rotatable bonds is 5. The van der Waals surface area contributed by atoms with E-state index in [2.05, 4.69) is 5.32 Å². The molecule has 2 amide bonds. The van der Waals surface area contributed by atoms with E-state index in [1.165, 1.54) is 17.2 Å². The lowest BCUT2D eigenvalue weighted by atomic mass is 10.2. The van der Waals surface area contributed by atoms with Crippen molar-refractivity contribution >= 4 is 35.0 Å². The summed E-state index contributed by atoms with van der Waals surface area (Å²) in [7, 11) is 1.64. The van der Waals surface area contributed by atoms with Gasteiger partial charge in [0, 0.05) is 13.6 Å². The van der Waals surface area contributed by atoms with Gasteiger partial charge in [-0.1, -0.05) is 29.3 Å². The summed E-state index contributed by atoms with van der Waals surface area (Å²) in [6.45, 7) is 0.254. The minimum Gasteiger partial charge on any atom is -0.459 e. The summed E-state index contributed by atoms with van der Waals surface area (Å²) >= 11 is 11.8. The third-order valence-electron chi connectivity index (χ3n) is 2.97. The van der Waals surface area contributed by atoms with Gasteiger partial charge in [-0.3, -0.25) is 9.59 Å². The van der Waals surface area contributed by atoms with E-state index in [9.17, 15) is 9.59 Å². The monoisotopic (exact) mass is 340 g/mol. The SMILES string of the molecule is CN(Cc1ccc(Cl)c(Cl)c1)C(=O)CNC(=O)c1ccco1. The fourth-order valence-corrected chi connectivity index (χ4v) is 2.11. The van der Waals surface area contributed by atoms with Crippen LogP contribution in [0.15, 0.2) is 41.0 Å². The number of nitrogens with zero attached hydrogens (tertiary/aromatic N) is 1. The van der Waals surface area contributed by atoms with Crippen LogP contribution in [0.1, 0.15) is 16.1 Å². The first-order chi connectivity index (χ1) is 10.5. The molecule has 0 unspecified atom stereocenters. The average Bonchev–Trinajstić information content (AvgIpc) is 3.02. The van der Waals surface area contributed by atoms with Crippen LogP contribution in [0.2, 0.25) is 10.0 Å². The minimum atomic E-state index is -0.429. The van der Waals surface area contributed by atoms with Crippen LogP contribution in [0, 0.1) is 0 Å². The van der Waals surface area contributed by atoms with Crippen molar-refractivity contribution in [1.82, 2.24) is 10.2 Å². The fourth-order valence-electron chi connectivity index (χ4n) is 1.79. The van der Waals surface area contributed by atoms with E-state index in [1.807, 2.05) is 0 Å². The van der Waals surface area contributed by atoms with Gasteiger partial charge in [0.25, 0.3) is 5.91 Å². The number of carbonyl (C=O) groups is 2. The molecule has 0 atom stereocenters. The molecular weight excluding hydrogens is 327 g/mol. The molecule has 0 saturated carbocycles. The van der Waals surface area contributed by atoms with Crippen molar-refractivity contribution in [3.63, 3.8) is 0 Å². The van der Waals surface area contributed by atoms with Gasteiger partial charge >= 0.3 is 0 Å². The molecule has 2 aromatic rings. The Morgan fingerprint density at radius 1 is 1.23 bits per heavy atom. The normalized spacial score (nSPS) is 10.3. The van der Waals surface area contributed by atoms with Crippen molar-refractivity contribution in [2.45, 2.75) is 6.54 Å².